The SMILES string of the molecule is O=C(O)c1ccccc1.O=COC(=O)c1ccccc1. The number of esters is 1. The largest absolute Gasteiger partial charge is 0.478 e. The summed E-state index contributed by atoms with van der Waals surface area (Å²) >= 11 is 0. The molecule has 0 heterocycles. The fourth-order valence-electron chi connectivity index (χ4n) is 1.27. The molecule has 102 valence electrons. The molecule has 2 aromatic rings. The lowest BCUT2D eigenvalue weighted by Gasteiger charge is -1.94. The van der Waals surface area contributed by atoms with Crippen molar-refractivity contribution in [3.05, 3.63) is 71.8 Å². The number of carbonyl (C=O) groups excluding carboxylic acids is 2. The number of hydrogen-bond acceptors (Lipinski definition) is 4. The molecule has 0 aliphatic heterocycles. The van der Waals surface area contributed by atoms with Crippen LogP contribution in [0.4, 0.5) is 0 Å². The van der Waals surface area contributed by atoms with Gasteiger partial charge in [0.25, 0.3) is 0 Å². The summed E-state index contributed by atoms with van der Waals surface area (Å²) in [6, 6.07) is 16.6. The van der Waals surface area contributed by atoms with Gasteiger partial charge < -0.3 is 9.84 Å². The highest BCUT2D eigenvalue weighted by Crippen LogP contribution is 1.99. The van der Waals surface area contributed by atoms with Gasteiger partial charge >= 0.3 is 18.4 Å². The van der Waals surface area contributed by atoms with E-state index in [0.717, 1.165) is 0 Å². The molecule has 0 saturated carbocycles. The highest BCUT2D eigenvalue weighted by Gasteiger charge is 2.03. The molecule has 0 atom stereocenters. The van der Waals surface area contributed by atoms with Gasteiger partial charge in [-0.1, -0.05) is 36.4 Å². The number of rotatable bonds is 3. The summed E-state index contributed by atoms with van der Waals surface area (Å²) in [5.41, 5.74) is 0.706. The molecule has 0 unspecified atom stereocenters. The number of carbonyl (C=O) groups is 3. The predicted octanol–water partition coefficient (Wildman–Crippen LogP) is 2.38. The van der Waals surface area contributed by atoms with Crippen molar-refractivity contribution < 1.29 is 24.2 Å². The number of ether oxygens (including phenoxy) is 1. The molecular formula is C15H12O5. The molecule has 0 saturated heterocycles. The maximum absolute atomic E-state index is 10.8. The van der Waals surface area contributed by atoms with Gasteiger partial charge in [0.2, 0.25) is 0 Å². The summed E-state index contributed by atoms with van der Waals surface area (Å²) in [5.74, 6) is -1.50. The molecule has 0 bridgehead atoms. The lowest BCUT2D eigenvalue weighted by molar-refractivity contribution is -0.123. The van der Waals surface area contributed by atoms with E-state index < -0.39 is 11.9 Å². The van der Waals surface area contributed by atoms with Crippen LogP contribution in [0.2, 0.25) is 0 Å². The summed E-state index contributed by atoms with van der Waals surface area (Å²) in [6.45, 7) is 0.120. The van der Waals surface area contributed by atoms with E-state index in [1.54, 1.807) is 60.7 Å². The standard InChI is InChI=1S/C8H6O3.C7H6O2/c9-6-11-8(10)7-4-2-1-3-5-7;8-7(9)6-4-2-1-3-5-6/h1-6H;1-5H,(H,8,9). The first-order valence-electron chi connectivity index (χ1n) is 5.63. The van der Waals surface area contributed by atoms with E-state index in [9.17, 15) is 14.4 Å². The van der Waals surface area contributed by atoms with E-state index >= 15 is 0 Å². The highest BCUT2D eigenvalue weighted by atomic mass is 16.6. The average Bonchev–Trinajstić information content (AvgIpc) is 2.50. The number of carboxylic acids is 1. The first-order valence-corrected chi connectivity index (χ1v) is 5.63. The van der Waals surface area contributed by atoms with Crippen LogP contribution in [0.15, 0.2) is 60.7 Å². The van der Waals surface area contributed by atoms with Crippen LogP contribution >= 0.6 is 0 Å². The van der Waals surface area contributed by atoms with Gasteiger partial charge in [-0.2, -0.15) is 0 Å². The van der Waals surface area contributed by atoms with Crippen LogP contribution in [0.1, 0.15) is 20.7 Å². The summed E-state index contributed by atoms with van der Waals surface area (Å²) in [5, 5.41) is 8.38. The first-order chi connectivity index (χ1) is 9.65. The Labute approximate surface area is 115 Å². The third-order valence-corrected chi connectivity index (χ3v) is 2.19. The monoisotopic (exact) mass is 272 g/mol. The van der Waals surface area contributed by atoms with Gasteiger partial charge in [-0.3, -0.25) is 4.79 Å². The molecule has 0 fully saturated rings. The van der Waals surface area contributed by atoms with Crippen LogP contribution in [-0.4, -0.2) is 23.5 Å². The summed E-state index contributed by atoms with van der Waals surface area (Å²) in [4.78, 5) is 30.7. The van der Waals surface area contributed by atoms with Crippen molar-refractivity contribution in [3.63, 3.8) is 0 Å². The van der Waals surface area contributed by atoms with Gasteiger partial charge in [-0.05, 0) is 24.3 Å². The molecule has 2 aromatic carbocycles. The number of benzene rings is 2. The van der Waals surface area contributed by atoms with Gasteiger partial charge in [0.15, 0.2) is 0 Å². The lowest BCUT2D eigenvalue weighted by atomic mass is 10.2. The van der Waals surface area contributed by atoms with Crippen molar-refractivity contribution in [1.82, 2.24) is 0 Å². The Balaban J connectivity index is 0.000000204. The summed E-state index contributed by atoms with van der Waals surface area (Å²) < 4.78 is 4.11. The molecule has 1 N–H and O–H groups in total. The van der Waals surface area contributed by atoms with Crippen molar-refractivity contribution in [2.24, 2.45) is 0 Å². The molecule has 5 nitrogen and oxygen atoms in total. The normalized spacial score (nSPS) is 8.80. The fourth-order valence-corrected chi connectivity index (χ4v) is 1.27. The van der Waals surface area contributed by atoms with Crippen LogP contribution in [0.25, 0.3) is 0 Å². The van der Waals surface area contributed by atoms with E-state index in [0.29, 0.717) is 11.1 Å². The molecule has 0 aromatic heterocycles. The van der Waals surface area contributed by atoms with Crippen LogP contribution in [0.5, 0.6) is 0 Å². The molecule has 0 aliphatic carbocycles. The van der Waals surface area contributed by atoms with Gasteiger partial charge in [0.1, 0.15) is 0 Å². The Morgan fingerprint density at radius 1 is 0.850 bits per heavy atom. The van der Waals surface area contributed by atoms with Crippen LogP contribution in [0.3, 0.4) is 0 Å². The minimum Gasteiger partial charge on any atom is -0.478 e. The number of carboxylic acid groups (broad SMARTS) is 1. The Bertz CT molecular complexity index is 563. The Kier molecular flexibility index (Phi) is 6.20. The molecule has 2 rings (SSSR count). The second-order valence-electron chi connectivity index (χ2n) is 3.54. The van der Waals surface area contributed by atoms with Gasteiger partial charge in [-0.15, -0.1) is 0 Å². The Morgan fingerprint density at radius 2 is 1.30 bits per heavy atom. The molecule has 20 heavy (non-hydrogen) atoms. The highest BCUT2D eigenvalue weighted by molar-refractivity contribution is 5.92. The van der Waals surface area contributed by atoms with Gasteiger partial charge in [0.05, 0.1) is 11.1 Å². The lowest BCUT2D eigenvalue weighted by Crippen LogP contribution is -2.02. The minimum atomic E-state index is -0.879. The van der Waals surface area contributed by atoms with Crippen molar-refractivity contribution in [2.75, 3.05) is 0 Å². The molecular weight excluding hydrogens is 260 g/mol. The molecule has 0 radical (unpaired) electrons. The van der Waals surface area contributed by atoms with E-state index in [1.165, 1.54) is 0 Å². The van der Waals surface area contributed by atoms with E-state index in [2.05, 4.69) is 4.74 Å². The minimum absolute atomic E-state index is 0.120. The van der Waals surface area contributed by atoms with Crippen LogP contribution in [0, 0.1) is 0 Å². The first kappa shape index (κ1) is 15.1. The predicted molar refractivity (Wildman–Crippen MR) is 71.3 cm³/mol. The quantitative estimate of drug-likeness (QED) is 0.527. The summed E-state index contributed by atoms with van der Waals surface area (Å²) in [6.07, 6.45) is 0. The maximum Gasteiger partial charge on any atom is 0.345 e. The van der Waals surface area contributed by atoms with E-state index in [1.807, 2.05) is 0 Å². The van der Waals surface area contributed by atoms with Crippen LogP contribution < -0.4 is 0 Å². The molecule has 5 heteroatoms. The topological polar surface area (TPSA) is 80.7 Å². The molecule has 0 aliphatic rings. The maximum atomic E-state index is 10.8. The zero-order valence-electron chi connectivity index (χ0n) is 10.4. The molecule has 0 amide bonds. The molecule has 0 spiro atoms. The fraction of sp³-hybridized carbons (Fsp3) is 0. The van der Waals surface area contributed by atoms with Gasteiger partial charge in [-0.25, -0.2) is 9.59 Å². The third kappa shape index (κ3) is 5.14. The van der Waals surface area contributed by atoms with E-state index in [4.69, 9.17) is 5.11 Å². The smallest absolute Gasteiger partial charge is 0.345 e. The Morgan fingerprint density at radius 3 is 1.65 bits per heavy atom. The number of hydrogen-bond donors (Lipinski definition) is 1. The van der Waals surface area contributed by atoms with Crippen molar-refractivity contribution >= 4 is 18.4 Å². The second-order valence-corrected chi connectivity index (χ2v) is 3.54. The zero-order chi connectivity index (χ0) is 14.8. The Hall–Kier alpha value is -2.95. The zero-order valence-corrected chi connectivity index (χ0v) is 10.4. The third-order valence-electron chi connectivity index (χ3n) is 2.19. The van der Waals surface area contributed by atoms with Crippen molar-refractivity contribution in [3.8, 4) is 0 Å². The van der Waals surface area contributed by atoms with Crippen molar-refractivity contribution in [2.45, 2.75) is 0 Å². The van der Waals surface area contributed by atoms with Crippen LogP contribution in [-0.2, 0) is 9.53 Å². The van der Waals surface area contributed by atoms with Crippen molar-refractivity contribution in [1.29, 1.82) is 0 Å². The van der Waals surface area contributed by atoms with Gasteiger partial charge in [0, 0.05) is 0 Å². The average molecular weight is 272 g/mol. The van der Waals surface area contributed by atoms with E-state index in [-0.39, 0.29) is 6.47 Å². The second kappa shape index (κ2) is 8.20. The summed E-state index contributed by atoms with van der Waals surface area (Å²) in [7, 11) is 0. The number of aromatic carboxylic acids is 1.